The molecule has 0 heterocycles. The van der Waals surface area contributed by atoms with Crippen molar-refractivity contribution in [1.82, 2.24) is 0 Å². The third-order valence-electron chi connectivity index (χ3n) is 3.10. The fourth-order valence-corrected chi connectivity index (χ4v) is 2.43. The summed E-state index contributed by atoms with van der Waals surface area (Å²) in [5.74, 6) is 1.19. The number of aliphatic hydroxyl groups is 1. The smallest absolute Gasteiger partial charge is 0.0620 e. The van der Waals surface area contributed by atoms with Crippen molar-refractivity contribution >= 4 is 0 Å². The fraction of sp³-hybridized carbons (Fsp3) is 0.400. The highest BCUT2D eigenvalue weighted by molar-refractivity contribution is 5.49. The van der Waals surface area contributed by atoms with Crippen LogP contribution in [0.4, 0.5) is 0 Å². The molecule has 0 aliphatic heterocycles. The van der Waals surface area contributed by atoms with Crippen molar-refractivity contribution in [1.29, 1.82) is 0 Å². The molecule has 56 valence electrons. The quantitative estimate of drug-likeness (QED) is 0.589. The Balaban J connectivity index is 2.11. The predicted octanol–water partition coefficient (Wildman–Crippen LogP) is 1.63. The lowest BCUT2D eigenvalue weighted by Crippen LogP contribution is -2.45. The van der Waals surface area contributed by atoms with Gasteiger partial charge in [-0.25, -0.2) is 0 Å². The normalized spacial score (nSPS) is 38.1. The summed E-state index contributed by atoms with van der Waals surface area (Å²) in [5, 5.41) is 9.38. The Morgan fingerprint density at radius 3 is 2.64 bits per heavy atom. The van der Waals surface area contributed by atoms with Gasteiger partial charge in [0.2, 0.25) is 0 Å². The van der Waals surface area contributed by atoms with E-state index in [1.165, 1.54) is 11.1 Å². The molecule has 0 saturated heterocycles. The van der Waals surface area contributed by atoms with Crippen LogP contribution in [0.1, 0.15) is 29.4 Å². The standard InChI is InChI=1S/C10H10O/c11-9-5-8-6-3-1-2-4-7(6)10(8)9/h1-4,8-11H,5H2. The topological polar surface area (TPSA) is 20.2 Å². The molecule has 1 aromatic rings. The van der Waals surface area contributed by atoms with Crippen molar-refractivity contribution < 1.29 is 5.11 Å². The number of hydrogen-bond donors (Lipinski definition) is 1. The average molecular weight is 146 g/mol. The SMILES string of the molecule is OC1CC2c3ccccc3C12. The number of aliphatic hydroxyl groups excluding tert-OH is 1. The molecule has 1 heteroatoms. The van der Waals surface area contributed by atoms with Gasteiger partial charge in [0.15, 0.2) is 0 Å². The van der Waals surface area contributed by atoms with Gasteiger partial charge < -0.3 is 5.11 Å². The second kappa shape index (κ2) is 1.67. The van der Waals surface area contributed by atoms with E-state index in [1.54, 1.807) is 0 Å². The van der Waals surface area contributed by atoms with E-state index in [9.17, 15) is 5.11 Å². The summed E-state index contributed by atoms with van der Waals surface area (Å²) in [5.41, 5.74) is 2.86. The zero-order valence-electron chi connectivity index (χ0n) is 6.20. The lowest BCUT2D eigenvalue weighted by Gasteiger charge is -2.52. The van der Waals surface area contributed by atoms with Gasteiger partial charge in [-0.3, -0.25) is 0 Å². The van der Waals surface area contributed by atoms with Crippen LogP contribution in [-0.4, -0.2) is 11.2 Å². The fourth-order valence-electron chi connectivity index (χ4n) is 2.43. The molecule has 0 aromatic heterocycles. The van der Waals surface area contributed by atoms with Crippen LogP contribution in [0.15, 0.2) is 24.3 Å². The molecule has 2 aliphatic carbocycles. The first kappa shape index (κ1) is 5.78. The third-order valence-corrected chi connectivity index (χ3v) is 3.10. The largest absolute Gasteiger partial charge is 0.392 e. The zero-order chi connectivity index (χ0) is 7.42. The Morgan fingerprint density at radius 1 is 1.18 bits per heavy atom. The molecule has 0 spiro atoms. The summed E-state index contributed by atoms with van der Waals surface area (Å²) in [4.78, 5) is 0. The summed E-state index contributed by atoms with van der Waals surface area (Å²) in [6, 6.07) is 8.46. The summed E-state index contributed by atoms with van der Waals surface area (Å²) in [7, 11) is 0. The molecule has 1 aromatic carbocycles. The molecule has 11 heavy (non-hydrogen) atoms. The minimum Gasteiger partial charge on any atom is -0.392 e. The number of hydrogen-bond acceptors (Lipinski definition) is 1. The van der Waals surface area contributed by atoms with Crippen molar-refractivity contribution in [2.45, 2.75) is 24.4 Å². The molecule has 1 N–H and O–H groups in total. The first-order valence-corrected chi connectivity index (χ1v) is 4.15. The average Bonchev–Trinajstić information content (AvgIpc) is 1.99. The maximum Gasteiger partial charge on any atom is 0.0620 e. The number of benzene rings is 1. The van der Waals surface area contributed by atoms with E-state index >= 15 is 0 Å². The highest BCUT2D eigenvalue weighted by Crippen LogP contribution is 2.59. The van der Waals surface area contributed by atoms with E-state index in [0.717, 1.165) is 6.42 Å². The van der Waals surface area contributed by atoms with E-state index < -0.39 is 0 Å². The van der Waals surface area contributed by atoms with E-state index in [0.29, 0.717) is 11.8 Å². The molecule has 0 radical (unpaired) electrons. The van der Waals surface area contributed by atoms with Gasteiger partial charge in [0.05, 0.1) is 6.10 Å². The van der Waals surface area contributed by atoms with E-state index in [1.807, 2.05) is 0 Å². The van der Waals surface area contributed by atoms with Crippen molar-refractivity contribution in [3.8, 4) is 0 Å². The Morgan fingerprint density at radius 2 is 1.91 bits per heavy atom. The summed E-state index contributed by atoms with van der Waals surface area (Å²) >= 11 is 0. The molecular formula is C10H10O. The lowest BCUT2D eigenvalue weighted by molar-refractivity contribution is 0.0253. The van der Waals surface area contributed by atoms with Gasteiger partial charge in [0.25, 0.3) is 0 Å². The van der Waals surface area contributed by atoms with Gasteiger partial charge in [0.1, 0.15) is 0 Å². The maximum atomic E-state index is 9.38. The Kier molecular flexibility index (Phi) is 0.878. The maximum absolute atomic E-state index is 9.38. The highest BCUT2D eigenvalue weighted by atomic mass is 16.3. The first-order valence-electron chi connectivity index (χ1n) is 4.15. The second-order valence-corrected chi connectivity index (χ2v) is 3.56. The van der Waals surface area contributed by atoms with Crippen molar-refractivity contribution in [3.63, 3.8) is 0 Å². The zero-order valence-corrected chi connectivity index (χ0v) is 6.20. The van der Waals surface area contributed by atoms with Gasteiger partial charge in [-0.15, -0.1) is 0 Å². The highest BCUT2D eigenvalue weighted by Gasteiger charge is 2.50. The molecule has 1 nitrogen and oxygen atoms in total. The first-order chi connectivity index (χ1) is 5.38. The molecule has 1 fully saturated rings. The van der Waals surface area contributed by atoms with Crippen LogP contribution in [0.3, 0.4) is 0 Å². The molecule has 3 unspecified atom stereocenters. The van der Waals surface area contributed by atoms with Gasteiger partial charge in [-0.1, -0.05) is 24.3 Å². The number of fused-ring (bicyclic) bond motifs is 4. The lowest BCUT2D eigenvalue weighted by atomic mass is 9.54. The minimum absolute atomic E-state index is 0.0464. The predicted molar refractivity (Wildman–Crippen MR) is 42.5 cm³/mol. The summed E-state index contributed by atoms with van der Waals surface area (Å²) in [6.07, 6.45) is 0.941. The Hall–Kier alpha value is -0.820. The van der Waals surface area contributed by atoms with Crippen molar-refractivity contribution in [3.05, 3.63) is 35.4 Å². The van der Waals surface area contributed by atoms with Crippen molar-refractivity contribution in [2.24, 2.45) is 0 Å². The van der Waals surface area contributed by atoms with E-state index in [-0.39, 0.29) is 6.10 Å². The van der Waals surface area contributed by atoms with Crippen LogP contribution in [-0.2, 0) is 0 Å². The molecule has 3 atom stereocenters. The second-order valence-electron chi connectivity index (χ2n) is 3.56. The molecule has 3 rings (SSSR count). The molecule has 1 saturated carbocycles. The third kappa shape index (κ3) is 0.520. The molecule has 0 bridgehead atoms. The van der Waals surface area contributed by atoms with Crippen LogP contribution in [0.2, 0.25) is 0 Å². The van der Waals surface area contributed by atoms with Crippen LogP contribution < -0.4 is 0 Å². The minimum atomic E-state index is -0.0464. The Bertz CT molecular complexity index is 305. The Labute approximate surface area is 65.7 Å². The van der Waals surface area contributed by atoms with Gasteiger partial charge in [-0.2, -0.15) is 0 Å². The molecule has 2 aliphatic rings. The van der Waals surface area contributed by atoms with Crippen LogP contribution in [0, 0.1) is 0 Å². The number of rotatable bonds is 0. The summed E-state index contributed by atoms with van der Waals surface area (Å²) in [6.45, 7) is 0. The van der Waals surface area contributed by atoms with Gasteiger partial charge in [0, 0.05) is 5.92 Å². The van der Waals surface area contributed by atoms with Gasteiger partial charge in [-0.05, 0) is 23.5 Å². The van der Waals surface area contributed by atoms with Crippen LogP contribution in [0.25, 0.3) is 0 Å². The molecular weight excluding hydrogens is 136 g/mol. The van der Waals surface area contributed by atoms with Crippen LogP contribution >= 0.6 is 0 Å². The van der Waals surface area contributed by atoms with Crippen LogP contribution in [0.5, 0.6) is 0 Å². The molecule has 0 amide bonds. The van der Waals surface area contributed by atoms with E-state index in [2.05, 4.69) is 24.3 Å². The van der Waals surface area contributed by atoms with Crippen molar-refractivity contribution in [2.75, 3.05) is 0 Å². The van der Waals surface area contributed by atoms with Gasteiger partial charge >= 0.3 is 0 Å². The van der Waals surface area contributed by atoms with E-state index in [4.69, 9.17) is 0 Å². The monoisotopic (exact) mass is 146 g/mol. The summed E-state index contributed by atoms with van der Waals surface area (Å²) < 4.78 is 0.